The number of nitrogens with zero attached hydrogens (tertiary/aromatic N) is 4. The molecular weight excluding hydrogens is 1010 g/mol. The van der Waals surface area contributed by atoms with Crippen molar-refractivity contribution in [2.24, 2.45) is 11.8 Å². The van der Waals surface area contributed by atoms with Gasteiger partial charge in [-0.05, 0) is 68.6 Å². The molecule has 2 saturated heterocycles. The predicted molar refractivity (Wildman–Crippen MR) is 296 cm³/mol. The zero-order chi connectivity index (χ0) is 54.0. The summed E-state index contributed by atoms with van der Waals surface area (Å²) in [5, 5.41) is 5.77. The Morgan fingerprint density at radius 1 is 0.605 bits per heavy atom. The van der Waals surface area contributed by atoms with Crippen molar-refractivity contribution in [2.75, 3.05) is 103 Å². The Balaban J connectivity index is 0.782. The fourth-order valence-electron chi connectivity index (χ4n) is 10.3. The molecule has 0 aromatic heterocycles. The van der Waals surface area contributed by atoms with Crippen LogP contribution in [0.15, 0.2) is 91.0 Å². The third-order valence-corrected chi connectivity index (χ3v) is 16.6. The second kappa shape index (κ2) is 32.3. The molecule has 3 aromatic rings. The van der Waals surface area contributed by atoms with Crippen LogP contribution in [0.25, 0.3) is 0 Å². The lowest BCUT2D eigenvalue weighted by atomic mass is 9.75. The van der Waals surface area contributed by atoms with Crippen molar-refractivity contribution in [3.8, 4) is 0 Å². The largest absolute Gasteiger partial charge is 0.463 e. The number of amides is 5. The standard InChI is InChI=1S/C57H80N6O11S2/c1-4-70-54(67)58-42-46-17-9-5-10-18-47(41-46)43-59-55(68)72-37-39-75-76-40-38-73-56(69)62-30-28-60(29-31-62)51(64)25-26-52(65)74-44(2)27-36-71-45(3)53(66)61-32-34-63(35-33-61)57(48-19-11-6-12-20-48,49-21-13-7-14-22-49)50-23-15-8-16-24-50/h6-8,11-16,19-24,44-47H,4-5,9-10,17-18,25-43H2,1-3H3,(H,58,67)(H,59,68)/t44?,45?,46-,47+/m0/s1. The molecular formula is C57H80N6O11S2. The van der Waals surface area contributed by atoms with Crippen LogP contribution in [0.5, 0.6) is 0 Å². The van der Waals surface area contributed by atoms with Crippen molar-refractivity contribution >= 4 is 57.7 Å². The van der Waals surface area contributed by atoms with Gasteiger partial charge in [-0.15, -0.1) is 0 Å². The number of benzene rings is 3. The summed E-state index contributed by atoms with van der Waals surface area (Å²) >= 11 is 0. The van der Waals surface area contributed by atoms with Crippen molar-refractivity contribution in [2.45, 2.75) is 96.3 Å². The first-order valence-electron chi connectivity index (χ1n) is 27.2. The van der Waals surface area contributed by atoms with E-state index in [1.165, 1.54) is 38.3 Å². The van der Waals surface area contributed by atoms with Crippen LogP contribution in [-0.4, -0.2) is 171 Å². The van der Waals surface area contributed by atoms with Gasteiger partial charge in [0.2, 0.25) is 5.91 Å². The third kappa shape index (κ3) is 18.6. The molecule has 2 unspecified atom stereocenters. The van der Waals surface area contributed by atoms with E-state index < -0.39 is 35.9 Å². The van der Waals surface area contributed by atoms with Gasteiger partial charge in [0, 0.05) is 89.8 Å². The summed E-state index contributed by atoms with van der Waals surface area (Å²) in [5.41, 5.74) is 2.95. The Morgan fingerprint density at radius 3 is 1.64 bits per heavy atom. The van der Waals surface area contributed by atoms with Gasteiger partial charge in [-0.3, -0.25) is 19.3 Å². The lowest BCUT2D eigenvalue weighted by Crippen LogP contribution is -2.58. The molecule has 3 aliphatic rings. The van der Waals surface area contributed by atoms with E-state index in [-0.39, 0.29) is 50.6 Å². The van der Waals surface area contributed by atoms with Gasteiger partial charge in [0.15, 0.2) is 0 Å². The first kappa shape index (κ1) is 59.7. The first-order chi connectivity index (χ1) is 37.0. The number of ether oxygens (including phenoxy) is 5. The molecule has 3 fully saturated rings. The maximum atomic E-state index is 13.7. The van der Waals surface area contributed by atoms with E-state index in [0.717, 1.165) is 38.5 Å². The molecule has 0 bridgehead atoms. The average molecular weight is 1090 g/mol. The Labute approximate surface area is 457 Å². The Morgan fingerprint density at radius 2 is 1.11 bits per heavy atom. The van der Waals surface area contributed by atoms with Crippen LogP contribution in [0.4, 0.5) is 14.4 Å². The van der Waals surface area contributed by atoms with Gasteiger partial charge >= 0.3 is 24.2 Å². The molecule has 2 heterocycles. The lowest BCUT2D eigenvalue weighted by Gasteiger charge is -2.49. The van der Waals surface area contributed by atoms with Crippen LogP contribution >= 0.6 is 21.6 Å². The van der Waals surface area contributed by atoms with E-state index in [1.54, 1.807) is 30.6 Å². The van der Waals surface area contributed by atoms with Crippen LogP contribution < -0.4 is 10.6 Å². The van der Waals surface area contributed by atoms with Crippen molar-refractivity contribution < 1.29 is 52.5 Å². The van der Waals surface area contributed by atoms with Gasteiger partial charge in [-0.25, -0.2) is 14.4 Å². The van der Waals surface area contributed by atoms with E-state index in [1.807, 2.05) is 23.1 Å². The highest BCUT2D eigenvalue weighted by Gasteiger charge is 2.44. The molecule has 2 N–H and O–H groups in total. The molecule has 3 aromatic carbocycles. The summed E-state index contributed by atoms with van der Waals surface area (Å²) in [6.45, 7) is 11.2. The highest BCUT2D eigenvalue weighted by Crippen LogP contribution is 2.43. The molecule has 6 rings (SSSR count). The summed E-state index contributed by atoms with van der Waals surface area (Å²) < 4.78 is 27.4. The summed E-state index contributed by atoms with van der Waals surface area (Å²) in [7, 11) is 3.06. The quantitative estimate of drug-likeness (QED) is 0.0271. The van der Waals surface area contributed by atoms with Gasteiger partial charge in [0.05, 0.1) is 25.2 Å². The Bertz CT molecular complexity index is 2140. The maximum Gasteiger partial charge on any atom is 0.409 e. The maximum absolute atomic E-state index is 13.7. The van der Waals surface area contributed by atoms with Crippen molar-refractivity contribution in [3.63, 3.8) is 0 Å². The van der Waals surface area contributed by atoms with E-state index in [0.29, 0.717) is 102 Å². The molecule has 416 valence electrons. The minimum atomic E-state index is -0.669. The zero-order valence-electron chi connectivity index (χ0n) is 44.7. The number of piperazine rings is 2. The molecule has 1 saturated carbocycles. The van der Waals surface area contributed by atoms with Crippen LogP contribution in [-0.2, 0) is 43.6 Å². The van der Waals surface area contributed by atoms with Gasteiger partial charge in [-0.2, -0.15) is 0 Å². The summed E-state index contributed by atoms with van der Waals surface area (Å²) in [4.78, 5) is 83.8. The Kier molecular flexibility index (Phi) is 25.4. The predicted octanol–water partition coefficient (Wildman–Crippen LogP) is 8.35. The number of hydrogen-bond donors (Lipinski definition) is 2. The third-order valence-electron chi connectivity index (χ3n) is 14.3. The topological polar surface area (TPSA) is 186 Å². The van der Waals surface area contributed by atoms with Crippen LogP contribution in [0.2, 0.25) is 0 Å². The molecule has 4 atom stereocenters. The lowest BCUT2D eigenvalue weighted by molar-refractivity contribution is -0.152. The normalized spacial score (nSPS) is 18.3. The van der Waals surface area contributed by atoms with Gasteiger partial charge in [0.1, 0.15) is 25.4 Å². The molecule has 0 radical (unpaired) electrons. The molecule has 19 heteroatoms. The molecule has 5 amide bonds. The van der Waals surface area contributed by atoms with Crippen molar-refractivity contribution in [3.05, 3.63) is 108 Å². The molecule has 76 heavy (non-hydrogen) atoms. The van der Waals surface area contributed by atoms with E-state index in [9.17, 15) is 28.8 Å². The Hall–Kier alpha value is -5.50. The van der Waals surface area contributed by atoms with E-state index in [4.69, 9.17) is 23.7 Å². The number of rotatable bonds is 25. The van der Waals surface area contributed by atoms with Gasteiger partial charge in [-0.1, -0.05) is 132 Å². The molecule has 2 aliphatic heterocycles. The number of hydrogen-bond acceptors (Lipinski definition) is 14. The number of nitrogens with one attached hydrogen (secondary N) is 2. The van der Waals surface area contributed by atoms with E-state index >= 15 is 0 Å². The van der Waals surface area contributed by atoms with Crippen molar-refractivity contribution in [1.29, 1.82) is 0 Å². The fraction of sp³-hybridized carbons (Fsp3) is 0.579. The molecule has 0 spiro atoms. The van der Waals surface area contributed by atoms with Gasteiger partial charge < -0.3 is 49.0 Å². The van der Waals surface area contributed by atoms with Gasteiger partial charge in [0.25, 0.3) is 5.91 Å². The van der Waals surface area contributed by atoms with Crippen LogP contribution in [0.1, 0.15) is 95.2 Å². The number of esters is 1. The van der Waals surface area contributed by atoms with Crippen LogP contribution in [0.3, 0.4) is 0 Å². The summed E-state index contributed by atoms with van der Waals surface area (Å²) in [6, 6.07) is 31.7. The minimum Gasteiger partial charge on any atom is -0.463 e. The average Bonchev–Trinajstić information content (AvgIpc) is 3.44. The first-order valence-corrected chi connectivity index (χ1v) is 29.7. The van der Waals surface area contributed by atoms with Crippen molar-refractivity contribution in [1.82, 2.24) is 30.2 Å². The zero-order valence-corrected chi connectivity index (χ0v) is 46.4. The second-order valence-corrected chi connectivity index (χ2v) is 22.3. The fourth-order valence-corrected chi connectivity index (χ4v) is 11.9. The number of carbonyl (C=O) groups is 6. The second-order valence-electron chi connectivity index (χ2n) is 19.6. The summed E-state index contributed by atoms with van der Waals surface area (Å²) in [6.07, 6.45) is 4.34. The smallest absolute Gasteiger partial charge is 0.409 e. The summed E-state index contributed by atoms with van der Waals surface area (Å²) in [5.74, 6) is 1.09. The molecule has 1 aliphatic carbocycles. The SMILES string of the molecule is CCOC(=O)NC[C@H]1CCCCC[C@@H](CNC(=O)OCCSSCCOC(=O)N2CCN(C(=O)CCC(=O)OC(C)CCOC(C)C(=O)N3CCN(C(c4ccccc4)(c4ccccc4)c4ccccc4)CC3)CC2)C1. The number of carbonyl (C=O) groups excluding carboxylic acids is 6. The minimum absolute atomic E-state index is 0.00106. The highest BCUT2D eigenvalue weighted by atomic mass is 33.1. The van der Waals surface area contributed by atoms with E-state index in [2.05, 4.69) is 88.3 Å². The number of alkyl carbamates (subject to hydrolysis) is 2. The highest BCUT2D eigenvalue weighted by molar-refractivity contribution is 8.76. The van der Waals surface area contributed by atoms with Crippen LogP contribution in [0, 0.1) is 11.8 Å². The monoisotopic (exact) mass is 1090 g/mol. The molecule has 17 nitrogen and oxygen atoms in total.